The van der Waals surface area contributed by atoms with Gasteiger partial charge < -0.3 is 23.8 Å². The number of quaternary nitrogens is 1. The highest BCUT2D eigenvalue weighted by atomic mass is 16.6. The molecule has 51 heavy (non-hydrogen) atoms. The molecule has 0 amide bonds. The van der Waals surface area contributed by atoms with Gasteiger partial charge in [0.15, 0.2) is 12.1 Å². The number of unbranched alkanes of at least 4 members (excludes halogenated alkanes) is 22. The predicted molar refractivity (Wildman–Crippen MR) is 211 cm³/mol. The van der Waals surface area contributed by atoms with Gasteiger partial charge in [0.2, 0.25) is 0 Å². The summed E-state index contributed by atoms with van der Waals surface area (Å²) < 4.78 is 17.2. The lowest BCUT2D eigenvalue weighted by molar-refractivity contribution is -0.887. The van der Waals surface area contributed by atoms with Crippen LogP contribution in [0.5, 0.6) is 0 Å². The Morgan fingerprint density at radius 1 is 0.569 bits per heavy atom. The Hall–Kier alpha value is -1.93. The molecule has 8 nitrogen and oxygen atoms in total. The highest BCUT2D eigenvalue weighted by molar-refractivity contribution is 5.72. The fourth-order valence-corrected chi connectivity index (χ4v) is 6.32. The molecule has 0 aliphatic rings. The molecule has 0 spiro atoms. The average molecular weight is 725 g/mol. The van der Waals surface area contributed by atoms with Crippen molar-refractivity contribution in [1.29, 1.82) is 0 Å². The molecule has 2 unspecified atom stereocenters. The van der Waals surface area contributed by atoms with Crippen LogP contribution in [0.15, 0.2) is 12.2 Å². The largest absolute Gasteiger partial charge is 0.477 e. The van der Waals surface area contributed by atoms with E-state index in [1.807, 2.05) is 21.1 Å². The van der Waals surface area contributed by atoms with Crippen LogP contribution < -0.4 is 0 Å². The van der Waals surface area contributed by atoms with Crippen molar-refractivity contribution in [2.75, 3.05) is 41.0 Å². The van der Waals surface area contributed by atoms with Crippen LogP contribution in [0.4, 0.5) is 0 Å². The van der Waals surface area contributed by atoms with E-state index in [-0.39, 0.29) is 36.2 Å². The number of aliphatic carboxylic acids is 1. The van der Waals surface area contributed by atoms with Crippen molar-refractivity contribution in [3.63, 3.8) is 0 Å². The van der Waals surface area contributed by atoms with Crippen molar-refractivity contribution in [1.82, 2.24) is 0 Å². The van der Waals surface area contributed by atoms with Gasteiger partial charge in [-0.15, -0.1) is 0 Å². The Bertz CT molecular complexity index is 854. The number of esters is 2. The first-order valence-electron chi connectivity index (χ1n) is 21.2. The Labute approximate surface area is 314 Å². The number of carboxylic acids is 1. The molecular formula is C43H82NO7+. The topological polar surface area (TPSA) is 99.1 Å². The first-order valence-corrected chi connectivity index (χ1v) is 21.2. The summed E-state index contributed by atoms with van der Waals surface area (Å²) in [5.41, 5.74) is 0. The molecule has 2 atom stereocenters. The molecule has 0 saturated heterocycles. The zero-order valence-corrected chi connectivity index (χ0v) is 34.1. The molecule has 0 aliphatic carbocycles. The first kappa shape index (κ1) is 49.1. The molecule has 0 aromatic carbocycles. The number of rotatable bonds is 38. The Morgan fingerprint density at radius 3 is 1.41 bits per heavy atom. The smallest absolute Gasteiger partial charge is 0.362 e. The zero-order chi connectivity index (χ0) is 37.8. The fourth-order valence-electron chi connectivity index (χ4n) is 6.32. The van der Waals surface area contributed by atoms with Crippen LogP contribution in [0.1, 0.15) is 194 Å². The van der Waals surface area contributed by atoms with E-state index in [0.717, 1.165) is 51.4 Å². The number of hydrogen-bond acceptors (Lipinski definition) is 6. The molecule has 0 aromatic heterocycles. The van der Waals surface area contributed by atoms with Crippen molar-refractivity contribution >= 4 is 17.9 Å². The number of nitrogens with zero attached hydrogens (tertiary/aromatic N) is 1. The van der Waals surface area contributed by atoms with Crippen LogP contribution in [-0.4, -0.2) is 80.6 Å². The minimum absolute atomic E-state index is 0.0488. The number of allylic oxidation sites excluding steroid dienone is 2. The molecule has 0 aromatic rings. The summed E-state index contributed by atoms with van der Waals surface area (Å²) in [4.78, 5) is 36.8. The summed E-state index contributed by atoms with van der Waals surface area (Å²) >= 11 is 0. The quantitative estimate of drug-likeness (QED) is 0.0293. The lowest BCUT2D eigenvalue weighted by atomic mass is 10.1. The van der Waals surface area contributed by atoms with Gasteiger partial charge in [0.1, 0.15) is 6.61 Å². The lowest BCUT2D eigenvalue weighted by Gasteiger charge is -2.31. The first-order chi connectivity index (χ1) is 24.6. The lowest BCUT2D eigenvalue weighted by Crippen LogP contribution is -2.50. The van der Waals surface area contributed by atoms with Gasteiger partial charge in [0, 0.05) is 19.3 Å². The van der Waals surface area contributed by atoms with Crippen LogP contribution in [0.2, 0.25) is 0 Å². The maximum Gasteiger partial charge on any atom is 0.362 e. The van der Waals surface area contributed by atoms with E-state index in [4.69, 9.17) is 14.2 Å². The number of carbonyl (C=O) groups excluding carboxylic acids is 2. The van der Waals surface area contributed by atoms with Crippen molar-refractivity contribution in [3.05, 3.63) is 12.2 Å². The van der Waals surface area contributed by atoms with Gasteiger partial charge in [-0.05, 0) is 38.5 Å². The van der Waals surface area contributed by atoms with Crippen molar-refractivity contribution in [3.8, 4) is 0 Å². The normalized spacial score (nSPS) is 13.0. The SMILES string of the molecule is CCCCCCCCC/C=C\CCCCCCCC(=O)OC(COCCC(C(=O)O)[N+](C)(C)C)COC(=O)CCCCCCCCCCCCC. The van der Waals surface area contributed by atoms with Crippen LogP contribution in [0.3, 0.4) is 0 Å². The number of ether oxygens (including phenoxy) is 3. The van der Waals surface area contributed by atoms with E-state index in [0.29, 0.717) is 19.3 Å². The van der Waals surface area contributed by atoms with E-state index in [9.17, 15) is 19.5 Å². The highest BCUT2D eigenvalue weighted by Gasteiger charge is 2.31. The molecule has 300 valence electrons. The second-order valence-corrected chi connectivity index (χ2v) is 15.6. The summed E-state index contributed by atoms with van der Waals surface area (Å²) in [5.74, 6) is -1.47. The molecular weight excluding hydrogens is 642 g/mol. The number of carbonyl (C=O) groups is 3. The third-order valence-electron chi connectivity index (χ3n) is 9.66. The van der Waals surface area contributed by atoms with Crippen LogP contribution >= 0.6 is 0 Å². The van der Waals surface area contributed by atoms with Crippen LogP contribution in [0, 0.1) is 0 Å². The maximum atomic E-state index is 12.7. The van der Waals surface area contributed by atoms with Gasteiger partial charge in [-0.1, -0.05) is 148 Å². The molecule has 0 aliphatic heterocycles. The van der Waals surface area contributed by atoms with E-state index in [2.05, 4.69) is 26.0 Å². The Balaban J connectivity index is 4.35. The van der Waals surface area contributed by atoms with E-state index >= 15 is 0 Å². The van der Waals surface area contributed by atoms with Gasteiger partial charge in [0.05, 0.1) is 34.4 Å². The van der Waals surface area contributed by atoms with Crippen LogP contribution in [-0.2, 0) is 28.6 Å². The Kier molecular flexibility index (Phi) is 33.8. The second-order valence-electron chi connectivity index (χ2n) is 15.6. The number of likely N-dealkylation sites (N-methyl/N-ethyl adjacent to an activating group) is 1. The minimum Gasteiger partial charge on any atom is -0.477 e. The van der Waals surface area contributed by atoms with Gasteiger partial charge in [-0.3, -0.25) is 9.59 Å². The molecule has 0 radical (unpaired) electrons. The van der Waals surface area contributed by atoms with Gasteiger partial charge in [-0.2, -0.15) is 0 Å². The molecule has 1 N–H and O–H groups in total. The third-order valence-corrected chi connectivity index (χ3v) is 9.66. The van der Waals surface area contributed by atoms with E-state index < -0.39 is 18.1 Å². The molecule has 8 heteroatoms. The summed E-state index contributed by atoms with van der Waals surface area (Å²) in [6.45, 7) is 4.73. The Morgan fingerprint density at radius 2 is 0.980 bits per heavy atom. The summed E-state index contributed by atoms with van der Waals surface area (Å²) in [5, 5.41) is 9.60. The zero-order valence-electron chi connectivity index (χ0n) is 34.1. The highest BCUT2D eigenvalue weighted by Crippen LogP contribution is 2.14. The van der Waals surface area contributed by atoms with Crippen LogP contribution in [0.25, 0.3) is 0 Å². The monoisotopic (exact) mass is 725 g/mol. The van der Waals surface area contributed by atoms with Crippen molar-refractivity contribution in [2.24, 2.45) is 0 Å². The minimum atomic E-state index is -0.874. The van der Waals surface area contributed by atoms with E-state index in [1.54, 1.807) is 0 Å². The fraction of sp³-hybridized carbons (Fsp3) is 0.884. The molecule has 0 saturated carbocycles. The standard InChI is InChI=1S/C43H81NO7/c1-6-8-10-12-14-16-18-19-20-21-22-24-26-28-30-32-34-42(46)51-39(37-49-36-35-40(43(47)48)44(3,4)5)38-50-41(45)33-31-29-27-25-23-17-15-13-11-9-7-2/h20-21,39-40H,6-19,22-38H2,1-5H3/p+1/b21-20-. The van der Waals surface area contributed by atoms with Crippen molar-refractivity contribution < 1.29 is 38.2 Å². The third kappa shape index (κ3) is 33.6. The predicted octanol–water partition coefficient (Wildman–Crippen LogP) is 11.1. The van der Waals surface area contributed by atoms with E-state index in [1.165, 1.54) is 109 Å². The van der Waals surface area contributed by atoms with Crippen molar-refractivity contribution in [2.45, 2.75) is 206 Å². The summed E-state index contributed by atoms with van der Waals surface area (Å²) in [7, 11) is 5.52. The molecule has 0 fully saturated rings. The van der Waals surface area contributed by atoms with Gasteiger partial charge >= 0.3 is 17.9 Å². The number of hydrogen-bond donors (Lipinski definition) is 1. The summed E-state index contributed by atoms with van der Waals surface area (Å²) in [6.07, 6.45) is 35.3. The molecule has 0 heterocycles. The average Bonchev–Trinajstić information content (AvgIpc) is 3.08. The molecule has 0 bridgehead atoms. The molecule has 0 rings (SSSR count). The second kappa shape index (κ2) is 35.1. The summed E-state index contributed by atoms with van der Waals surface area (Å²) in [6, 6.07) is -0.611. The van der Waals surface area contributed by atoms with Gasteiger partial charge in [-0.25, -0.2) is 4.79 Å². The number of carboxylic acid groups (broad SMARTS) is 1. The maximum absolute atomic E-state index is 12.7. The van der Waals surface area contributed by atoms with Gasteiger partial charge in [0.25, 0.3) is 0 Å².